The number of aromatic nitrogens is 2. The van der Waals surface area contributed by atoms with Crippen LogP contribution in [0.5, 0.6) is 5.75 Å². The minimum absolute atomic E-state index is 0.160. The van der Waals surface area contributed by atoms with Crippen molar-refractivity contribution in [1.82, 2.24) is 14.9 Å². The van der Waals surface area contributed by atoms with Crippen LogP contribution in [0.3, 0.4) is 0 Å². The highest BCUT2D eigenvalue weighted by Gasteiger charge is 2.22. The fraction of sp³-hybridized carbons (Fsp3) is 0.318. The third kappa shape index (κ3) is 4.65. The van der Waals surface area contributed by atoms with Gasteiger partial charge in [-0.1, -0.05) is 19.1 Å². The lowest BCUT2D eigenvalue weighted by Gasteiger charge is -2.12. The third-order valence-corrected chi connectivity index (χ3v) is 4.69. The van der Waals surface area contributed by atoms with Crippen LogP contribution in [0.2, 0.25) is 0 Å². The second-order valence-corrected chi connectivity index (χ2v) is 6.97. The Kier molecular flexibility index (Phi) is 6.79. The number of benzene rings is 1. The predicted molar refractivity (Wildman–Crippen MR) is 111 cm³/mol. The molecular formula is C22H24FN3O4. The Bertz CT molecular complexity index is 1110. The van der Waals surface area contributed by atoms with E-state index in [1.54, 1.807) is 24.4 Å². The normalized spacial score (nSPS) is 11.0. The molecule has 0 atom stereocenters. The number of ether oxygens (including phenoxy) is 1. The van der Waals surface area contributed by atoms with Crippen LogP contribution in [0.1, 0.15) is 34.8 Å². The Morgan fingerprint density at radius 3 is 2.67 bits per heavy atom. The second kappa shape index (κ2) is 9.49. The summed E-state index contributed by atoms with van der Waals surface area (Å²) in [4.78, 5) is 29.5. The molecule has 158 valence electrons. The van der Waals surface area contributed by atoms with Gasteiger partial charge < -0.3 is 19.7 Å². The topological polar surface area (TPSA) is 93.4 Å². The number of nitrogens with one attached hydrogen (secondary N) is 1. The smallest absolute Gasteiger partial charge is 0.267 e. The van der Waals surface area contributed by atoms with Gasteiger partial charge in [0.15, 0.2) is 5.75 Å². The fourth-order valence-corrected chi connectivity index (χ4v) is 3.14. The number of aryl methyl sites for hydroxylation is 1. The molecule has 0 radical (unpaired) electrons. The maximum atomic E-state index is 13.1. The Labute approximate surface area is 173 Å². The zero-order chi connectivity index (χ0) is 21.7. The number of rotatable bonds is 8. The average molecular weight is 413 g/mol. The summed E-state index contributed by atoms with van der Waals surface area (Å²) in [7, 11) is 1.52. The number of carbonyl (C=O) groups is 1. The highest BCUT2D eigenvalue weighted by molar-refractivity contribution is 6.01. The van der Waals surface area contributed by atoms with Gasteiger partial charge in [0.25, 0.3) is 11.5 Å². The molecule has 3 aromatic rings. The number of hydrogen-bond acceptors (Lipinski definition) is 5. The first kappa shape index (κ1) is 21.4. The Hall–Kier alpha value is -3.26. The highest BCUT2D eigenvalue weighted by Crippen LogP contribution is 2.25. The van der Waals surface area contributed by atoms with Crippen LogP contribution in [0.25, 0.3) is 11.0 Å². The molecule has 0 saturated carbocycles. The van der Waals surface area contributed by atoms with E-state index in [1.165, 1.54) is 23.7 Å². The summed E-state index contributed by atoms with van der Waals surface area (Å²) in [6.07, 6.45) is 2.92. The van der Waals surface area contributed by atoms with E-state index < -0.39 is 17.2 Å². The van der Waals surface area contributed by atoms with E-state index in [-0.39, 0.29) is 23.4 Å². The van der Waals surface area contributed by atoms with Gasteiger partial charge in [-0.2, -0.15) is 0 Å². The van der Waals surface area contributed by atoms with Gasteiger partial charge in [0.05, 0.1) is 12.1 Å². The van der Waals surface area contributed by atoms with E-state index in [0.29, 0.717) is 25.2 Å². The molecule has 0 spiro atoms. The molecule has 0 aliphatic rings. The predicted octanol–water partition coefficient (Wildman–Crippen LogP) is 2.53. The van der Waals surface area contributed by atoms with Gasteiger partial charge in [-0.05, 0) is 42.2 Å². The molecule has 8 heteroatoms. The lowest BCUT2D eigenvalue weighted by molar-refractivity contribution is 0.0911. The molecule has 3 rings (SSSR count). The van der Waals surface area contributed by atoms with Crippen molar-refractivity contribution in [3.05, 3.63) is 69.4 Å². The van der Waals surface area contributed by atoms with Crippen molar-refractivity contribution in [3.63, 3.8) is 0 Å². The zero-order valence-corrected chi connectivity index (χ0v) is 16.9. The maximum absolute atomic E-state index is 13.1. The summed E-state index contributed by atoms with van der Waals surface area (Å²) in [6, 6.07) is 7.83. The van der Waals surface area contributed by atoms with Gasteiger partial charge >= 0.3 is 0 Å². The monoisotopic (exact) mass is 413 g/mol. The van der Waals surface area contributed by atoms with Crippen LogP contribution >= 0.6 is 0 Å². The van der Waals surface area contributed by atoms with Crippen LogP contribution in [0.4, 0.5) is 4.39 Å². The molecule has 0 saturated heterocycles. The number of fused-ring (bicyclic) bond motifs is 1. The summed E-state index contributed by atoms with van der Waals surface area (Å²) in [5, 5.41) is 13.2. The summed E-state index contributed by atoms with van der Waals surface area (Å²) >= 11 is 0. The third-order valence-electron chi connectivity index (χ3n) is 4.69. The first-order chi connectivity index (χ1) is 14.4. The quantitative estimate of drug-likeness (QED) is 0.554. The van der Waals surface area contributed by atoms with E-state index in [9.17, 15) is 19.1 Å². The summed E-state index contributed by atoms with van der Waals surface area (Å²) < 4.78 is 19.7. The second-order valence-electron chi connectivity index (χ2n) is 6.97. The summed E-state index contributed by atoms with van der Waals surface area (Å²) in [6.45, 7) is 3.11. The number of aromatic hydroxyl groups is 1. The minimum Gasteiger partial charge on any atom is -0.505 e. The number of nitrogens with zero attached hydrogens (tertiary/aromatic N) is 2. The lowest BCUT2D eigenvalue weighted by Crippen LogP contribution is -2.34. The molecule has 0 bridgehead atoms. The van der Waals surface area contributed by atoms with Crippen LogP contribution in [0, 0.1) is 5.82 Å². The van der Waals surface area contributed by atoms with Crippen molar-refractivity contribution < 1.29 is 19.0 Å². The number of carbonyl (C=O) groups excluding carboxylic acids is 1. The number of hydrogen-bond donors (Lipinski definition) is 2. The van der Waals surface area contributed by atoms with Crippen molar-refractivity contribution in [2.75, 3.05) is 19.8 Å². The largest absolute Gasteiger partial charge is 0.505 e. The minimum atomic E-state index is -0.674. The van der Waals surface area contributed by atoms with Gasteiger partial charge in [-0.15, -0.1) is 0 Å². The molecule has 1 amide bonds. The van der Waals surface area contributed by atoms with E-state index >= 15 is 0 Å². The summed E-state index contributed by atoms with van der Waals surface area (Å²) in [5.41, 5.74) is 1.26. The summed E-state index contributed by atoms with van der Waals surface area (Å²) in [5.74, 6) is -1.44. The van der Waals surface area contributed by atoms with Crippen molar-refractivity contribution in [2.24, 2.45) is 7.05 Å². The standard InChI is InChI=1S/C22H24FN3O4/c1-3-9-30-10-8-24-21(28)18-20(27)19-17(26(2)22(18)29)12-15(13-25-19)11-14-4-6-16(23)7-5-14/h4-7,12-13,27H,3,8-11H2,1-2H3,(H,24,28). The zero-order valence-electron chi connectivity index (χ0n) is 16.9. The van der Waals surface area contributed by atoms with Crippen molar-refractivity contribution >= 4 is 16.9 Å². The average Bonchev–Trinajstić information content (AvgIpc) is 2.74. The molecule has 30 heavy (non-hydrogen) atoms. The van der Waals surface area contributed by atoms with Crippen molar-refractivity contribution in [2.45, 2.75) is 19.8 Å². The first-order valence-electron chi connectivity index (χ1n) is 9.73. The van der Waals surface area contributed by atoms with Gasteiger partial charge in [-0.25, -0.2) is 4.39 Å². The van der Waals surface area contributed by atoms with Crippen LogP contribution < -0.4 is 10.9 Å². The number of pyridine rings is 2. The Balaban J connectivity index is 1.88. The van der Waals surface area contributed by atoms with Crippen LogP contribution in [-0.2, 0) is 18.2 Å². The molecule has 2 heterocycles. The first-order valence-corrected chi connectivity index (χ1v) is 9.73. The SMILES string of the molecule is CCCOCCNC(=O)c1c(O)c2ncc(Cc3ccc(F)cc3)cc2n(C)c1=O. The van der Waals surface area contributed by atoms with Crippen molar-refractivity contribution in [3.8, 4) is 5.75 Å². The van der Waals surface area contributed by atoms with E-state index in [0.717, 1.165) is 17.5 Å². The van der Waals surface area contributed by atoms with E-state index in [2.05, 4.69) is 10.3 Å². The Morgan fingerprint density at radius 2 is 1.97 bits per heavy atom. The Morgan fingerprint density at radius 1 is 1.23 bits per heavy atom. The molecule has 2 aromatic heterocycles. The number of halogens is 1. The maximum Gasteiger partial charge on any atom is 0.267 e. The number of amides is 1. The van der Waals surface area contributed by atoms with Crippen LogP contribution in [0.15, 0.2) is 41.3 Å². The molecule has 0 aliphatic carbocycles. The molecule has 2 N–H and O–H groups in total. The van der Waals surface area contributed by atoms with Gasteiger partial charge in [0, 0.05) is 26.4 Å². The van der Waals surface area contributed by atoms with Gasteiger partial charge in [0.2, 0.25) is 0 Å². The van der Waals surface area contributed by atoms with Crippen molar-refractivity contribution in [1.29, 1.82) is 0 Å². The van der Waals surface area contributed by atoms with Gasteiger partial charge in [-0.3, -0.25) is 14.6 Å². The molecule has 0 fully saturated rings. The molecule has 0 unspecified atom stereocenters. The van der Waals surface area contributed by atoms with E-state index in [1.807, 2.05) is 6.92 Å². The molecule has 0 aliphatic heterocycles. The van der Waals surface area contributed by atoms with Gasteiger partial charge in [0.1, 0.15) is 16.9 Å². The molecular weight excluding hydrogens is 389 g/mol. The molecule has 7 nitrogen and oxygen atoms in total. The van der Waals surface area contributed by atoms with Crippen LogP contribution in [-0.4, -0.2) is 40.3 Å². The fourth-order valence-electron chi connectivity index (χ4n) is 3.14. The highest BCUT2D eigenvalue weighted by atomic mass is 19.1. The lowest BCUT2D eigenvalue weighted by atomic mass is 10.1. The molecule has 1 aromatic carbocycles. The van der Waals surface area contributed by atoms with E-state index in [4.69, 9.17) is 4.74 Å².